The Morgan fingerprint density at radius 3 is 3.24 bits per heavy atom. The molecule has 3 rings (SSSR count). The molecule has 1 aliphatic heterocycles. The van der Waals surface area contributed by atoms with E-state index in [4.69, 9.17) is 4.74 Å². The third-order valence-corrected chi connectivity index (χ3v) is 3.66. The Labute approximate surface area is 104 Å². The zero-order valence-electron chi connectivity index (χ0n) is 9.78. The summed E-state index contributed by atoms with van der Waals surface area (Å²) in [7, 11) is 0. The van der Waals surface area contributed by atoms with E-state index >= 15 is 0 Å². The van der Waals surface area contributed by atoms with Crippen molar-refractivity contribution in [3.63, 3.8) is 0 Å². The molecule has 2 aromatic rings. The van der Waals surface area contributed by atoms with Crippen LogP contribution in [0.2, 0.25) is 0 Å². The molecule has 1 aliphatic rings. The molecule has 0 fully saturated rings. The van der Waals surface area contributed by atoms with Crippen LogP contribution in [0.4, 0.5) is 5.95 Å². The second kappa shape index (κ2) is 4.00. The monoisotopic (exact) mass is 247 g/mol. The summed E-state index contributed by atoms with van der Waals surface area (Å²) in [5, 5.41) is 3.12. The molecule has 0 aliphatic carbocycles. The number of hydrogen-bond donors (Lipinski definition) is 1. The Hall–Kier alpha value is -1.62. The zero-order valence-corrected chi connectivity index (χ0v) is 10.6. The van der Waals surface area contributed by atoms with Crippen LogP contribution < -0.4 is 10.1 Å². The van der Waals surface area contributed by atoms with Crippen molar-refractivity contribution < 1.29 is 4.74 Å². The highest BCUT2D eigenvalue weighted by Crippen LogP contribution is 2.40. The number of rotatable bonds is 2. The van der Waals surface area contributed by atoms with Gasteiger partial charge in [-0.25, -0.2) is 9.97 Å². The number of ether oxygens (including phenoxy) is 1. The van der Waals surface area contributed by atoms with Crippen molar-refractivity contribution in [3.8, 4) is 17.0 Å². The summed E-state index contributed by atoms with van der Waals surface area (Å²) in [6.45, 7) is 5.58. The van der Waals surface area contributed by atoms with Crippen molar-refractivity contribution in [1.29, 1.82) is 0 Å². The highest BCUT2D eigenvalue weighted by Gasteiger charge is 2.21. The van der Waals surface area contributed by atoms with Crippen LogP contribution in [-0.4, -0.2) is 16.5 Å². The molecule has 0 unspecified atom stereocenters. The van der Waals surface area contributed by atoms with Gasteiger partial charge in [0.1, 0.15) is 12.3 Å². The summed E-state index contributed by atoms with van der Waals surface area (Å²) in [6.07, 6.45) is 1.75. The fourth-order valence-corrected chi connectivity index (χ4v) is 2.87. The minimum Gasteiger partial charge on any atom is -0.484 e. The number of aryl methyl sites for hydroxylation is 1. The molecule has 0 aromatic carbocycles. The quantitative estimate of drug-likeness (QED) is 0.886. The van der Waals surface area contributed by atoms with Gasteiger partial charge in [-0.05, 0) is 19.9 Å². The Morgan fingerprint density at radius 2 is 2.41 bits per heavy atom. The van der Waals surface area contributed by atoms with Gasteiger partial charge in [-0.15, -0.1) is 11.3 Å². The first-order valence-corrected chi connectivity index (χ1v) is 6.43. The van der Waals surface area contributed by atoms with E-state index in [1.54, 1.807) is 17.5 Å². The van der Waals surface area contributed by atoms with Gasteiger partial charge < -0.3 is 10.1 Å². The van der Waals surface area contributed by atoms with E-state index in [1.165, 1.54) is 15.3 Å². The number of nitrogens with zero attached hydrogens (tertiary/aromatic N) is 2. The van der Waals surface area contributed by atoms with Crippen LogP contribution in [0.1, 0.15) is 16.7 Å². The lowest BCUT2D eigenvalue weighted by molar-refractivity contribution is 0.303. The van der Waals surface area contributed by atoms with Gasteiger partial charge in [0.15, 0.2) is 5.75 Å². The van der Waals surface area contributed by atoms with Gasteiger partial charge in [0.05, 0.1) is 11.1 Å². The first-order chi connectivity index (χ1) is 8.28. The molecule has 3 heterocycles. The Morgan fingerprint density at radius 1 is 1.53 bits per heavy atom. The molecule has 0 saturated heterocycles. The number of fused-ring (bicyclic) bond motifs is 3. The largest absolute Gasteiger partial charge is 0.484 e. The van der Waals surface area contributed by atoms with Gasteiger partial charge >= 0.3 is 0 Å². The lowest BCUT2D eigenvalue weighted by Gasteiger charge is -2.16. The highest BCUT2D eigenvalue weighted by atomic mass is 32.1. The average Bonchev–Trinajstić information content (AvgIpc) is 2.70. The fraction of sp³-hybridized carbons (Fsp3) is 0.333. The minimum absolute atomic E-state index is 0.630. The number of aromatic nitrogens is 2. The SMILES string of the molecule is CCNc1ncc2c(n1)-c1cc(C)sc1CO2. The molecule has 0 atom stereocenters. The topological polar surface area (TPSA) is 47.0 Å². The number of anilines is 1. The van der Waals surface area contributed by atoms with Crippen LogP contribution in [0, 0.1) is 6.92 Å². The molecule has 0 spiro atoms. The van der Waals surface area contributed by atoms with Crippen molar-refractivity contribution in [1.82, 2.24) is 9.97 Å². The van der Waals surface area contributed by atoms with Crippen LogP contribution in [0.15, 0.2) is 12.3 Å². The van der Waals surface area contributed by atoms with E-state index in [2.05, 4.69) is 28.3 Å². The van der Waals surface area contributed by atoms with Crippen LogP contribution in [0.3, 0.4) is 0 Å². The van der Waals surface area contributed by atoms with E-state index in [-0.39, 0.29) is 0 Å². The Kier molecular flexibility index (Phi) is 2.48. The van der Waals surface area contributed by atoms with E-state index in [9.17, 15) is 0 Å². The van der Waals surface area contributed by atoms with Gasteiger partial charge in [-0.1, -0.05) is 0 Å². The fourth-order valence-electron chi connectivity index (χ4n) is 1.93. The smallest absolute Gasteiger partial charge is 0.223 e. The molecular formula is C12H13N3OS. The van der Waals surface area contributed by atoms with E-state index in [0.29, 0.717) is 12.6 Å². The summed E-state index contributed by atoms with van der Waals surface area (Å²) < 4.78 is 5.65. The third-order valence-electron chi connectivity index (χ3n) is 2.64. The first-order valence-electron chi connectivity index (χ1n) is 5.61. The lowest BCUT2D eigenvalue weighted by Crippen LogP contribution is -2.08. The molecular weight excluding hydrogens is 234 g/mol. The van der Waals surface area contributed by atoms with Gasteiger partial charge in [0.25, 0.3) is 0 Å². The Bertz CT molecular complexity index is 565. The molecule has 17 heavy (non-hydrogen) atoms. The number of nitrogens with one attached hydrogen (secondary N) is 1. The summed E-state index contributed by atoms with van der Waals surface area (Å²) in [5.74, 6) is 1.43. The van der Waals surface area contributed by atoms with Crippen molar-refractivity contribution in [2.75, 3.05) is 11.9 Å². The average molecular weight is 247 g/mol. The number of hydrogen-bond acceptors (Lipinski definition) is 5. The Balaban J connectivity index is 2.12. The highest BCUT2D eigenvalue weighted by molar-refractivity contribution is 7.12. The second-order valence-corrected chi connectivity index (χ2v) is 5.26. The van der Waals surface area contributed by atoms with Gasteiger partial charge in [-0.3, -0.25) is 0 Å². The van der Waals surface area contributed by atoms with Crippen molar-refractivity contribution in [2.45, 2.75) is 20.5 Å². The summed E-state index contributed by atoms with van der Waals surface area (Å²) in [5.41, 5.74) is 2.09. The summed E-state index contributed by atoms with van der Waals surface area (Å²) in [4.78, 5) is 11.3. The lowest BCUT2D eigenvalue weighted by atomic mass is 10.1. The molecule has 88 valence electrons. The van der Waals surface area contributed by atoms with Gasteiger partial charge in [0.2, 0.25) is 5.95 Å². The second-order valence-electron chi connectivity index (χ2n) is 3.92. The standard InChI is InChI=1S/C12H13N3OS/c1-3-13-12-14-5-9-11(15-12)8-4-7(2)17-10(8)6-16-9/h4-5H,3,6H2,1-2H3,(H,13,14,15). The summed E-state index contributed by atoms with van der Waals surface area (Å²) in [6, 6.07) is 2.17. The first kappa shape index (κ1) is 10.5. The molecule has 0 saturated carbocycles. The van der Waals surface area contributed by atoms with Crippen molar-refractivity contribution in [2.24, 2.45) is 0 Å². The van der Waals surface area contributed by atoms with Crippen molar-refractivity contribution in [3.05, 3.63) is 22.0 Å². The van der Waals surface area contributed by atoms with E-state index in [0.717, 1.165) is 18.0 Å². The molecule has 0 bridgehead atoms. The van der Waals surface area contributed by atoms with Crippen LogP contribution in [0.5, 0.6) is 5.75 Å². The van der Waals surface area contributed by atoms with Crippen LogP contribution in [-0.2, 0) is 6.61 Å². The zero-order chi connectivity index (χ0) is 11.8. The minimum atomic E-state index is 0.630. The molecule has 5 heteroatoms. The van der Waals surface area contributed by atoms with E-state index < -0.39 is 0 Å². The van der Waals surface area contributed by atoms with Crippen LogP contribution in [0.25, 0.3) is 11.3 Å². The molecule has 4 nitrogen and oxygen atoms in total. The predicted molar refractivity (Wildman–Crippen MR) is 68.6 cm³/mol. The maximum absolute atomic E-state index is 5.65. The molecule has 2 aromatic heterocycles. The normalized spacial score (nSPS) is 12.6. The predicted octanol–water partition coefficient (Wildman–Crippen LogP) is 2.84. The maximum Gasteiger partial charge on any atom is 0.223 e. The molecule has 1 N–H and O–H groups in total. The van der Waals surface area contributed by atoms with Gasteiger partial charge in [-0.2, -0.15) is 0 Å². The van der Waals surface area contributed by atoms with E-state index in [1.807, 2.05) is 6.92 Å². The van der Waals surface area contributed by atoms with Gasteiger partial charge in [0, 0.05) is 17.0 Å². The van der Waals surface area contributed by atoms with Crippen LogP contribution >= 0.6 is 11.3 Å². The van der Waals surface area contributed by atoms with Crippen molar-refractivity contribution >= 4 is 17.3 Å². The number of thiophene rings is 1. The summed E-state index contributed by atoms with van der Waals surface area (Å²) >= 11 is 1.77. The third kappa shape index (κ3) is 1.76. The molecule has 0 radical (unpaired) electrons. The maximum atomic E-state index is 5.65. The molecule has 0 amide bonds.